The number of nitrogens with zero attached hydrogens (tertiary/aromatic N) is 1. The number of carbonyl (C=O) groups is 1. The van der Waals surface area contributed by atoms with Gasteiger partial charge in [0.25, 0.3) is 0 Å². The molecule has 1 aromatic rings. The van der Waals surface area contributed by atoms with Gasteiger partial charge in [0.2, 0.25) is 5.91 Å². The molecule has 0 aliphatic carbocycles. The van der Waals surface area contributed by atoms with Gasteiger partial charge in [0.1, 0.15) is 0 Å². The first kappa shape index (κ1) is 11.2. The number of benzene rings is 1. The van der Waals surface area contributed by atoms with E-state index in [2.05, 4.69) is 10.3 Å². The van der Waals surface area contributed by atoms with E-state index in [1.807, 2.05) is 38.1 Å². The number of hydrogen-bond donors (Lipinski definition) is 1. The number of carbonyl (C=O) groups excluding carboxylic acids is 1. The number of amides is 1. The number of rotatable bonds is 1. The fourth-order valence-corrected chi connectivity index (χ4v) is 2.51. The summed E-state index contributed by atoms with van der Waals surface area (Å²) in [6, 6.07) is 7.93. The van der Waals surface area contributed by atoms with Crippen molar-refractivity contribution in [2.45, 2.75) is 25.5 Å². The van der Waals surface area contributed by atoms with Gasteiger partial charge in [0, 0.05) is 11.7 Å². The van der Waals surface area contributed by atoms with Crippen LogP contribution in [0.2, 0.25) is 0 Å². The predicted molar refractivity (Wildman–Crippen MR) is 68.1 cm³/mol. The summed E-state index contributed by atoms with van der Waals surface area (Å²) < 4.78 is 0. The average Bonchev–Trinajstić information content (AvgIpc) is 2.15. The van der Waals surface area contributed by atoms with Crippen LogP contribution >= 0.6 is 11.8 Å². The van der Waals surface area contributed by atoms with Crippen LogP contribution in [0.25, 0.3) is 0 Å². The highest BCUT2D eigenvalue weighted by Gasteiger charge is 2.20. The molecule has 3 nitrogen and oxygen atoms in total. The molecule has 0 spiro atoms. The maximum absolute atomic E-state index is 11.3. The van der Waals surface area contributed by atoms with Gasteiger partial charge in [-0.1, -0.05) is 30.8 Å². The van der Waals surface area contributed by atoms with E-state index in [9.17, 15) is 4.79 Å². The van der Waals surface area contributed by atoms with Crippen LogP contribution in [0, 0.1) is 6.92 Å². The fraction of sp³-hybridized carbons (Fsp3) is 0.333. The lowest BCUT2D eigenvalue weighted by Gasteiger charge is -2.19. The number of thioether (sulfide) groups is 1. The minimum absolute atomic E-state index is 0.0534. The first-order valence-corrected chi connectivity index (χ1v) is 6.13. The summed E-state index contributed by atoms with van der Waals surface area (Å²) in [5.41, 5.74) is 2.05. The van der Waals surface area contributed by atoms with Crippen LogP contribution in [0.4, 0.5) is 5.69 Å². The lowest BCUT2D eigenvalue weighted by Crippen LogP contribution is -2.36. The Morgan fingerprint density at radius 2 is 2.31 bits per heavy atom. The lowest BCUT2D eigenvalue weighted by atomic mass is 10.2. The highest BCUT2D eigenvalue weighted by Crippen LogP contribution is 2.23. The quantitative estimate of drug-likeness (QED) is 0.811. The average molecular weight is 234 g/mol. The molecule has 1 fully saturated rings. The normalized spacial score (nSPS) is 23.2. The van der Waals surface area contributed by atoms with Gasteiger partial charge in [0.15, 0.2) is 5.17 Å². The zero-order chi connectivity index (χ0) is 11.5. The van der Waals surface area contributed by atoms with Crippen molar-refractivity contribution in [3.63, 3.8) is 0 Å². The number of hydrogen-bond acceptors (Lipinski definition) is 3. The molecular formula is C12H14N2OS. The minimum Gasteiger partial charge on any atom is -0.305 e. The maximum Gasteiger partial charge on any atom is 0.227 e. The van der Waals surface area contributed by atoms with E-state index < -0.39 is 0 Å². The summed E-state index contributed by atoms with van der Waals surface area (Å²) in [5, 5.41) is 3.79. The van der Waals surface area contributed by atoms with Crippen LogP contribution in [0.5, 0.6) is 0 Å². The van der Waals surface area contributed by atoms with Crippen molar-refractivity contribution in [3.05, 3.63) is 29.8 Å². The third-order valence-corrected chi connectivity index (χ3v) is 3.25. The number of aliphatic imine (C=N–C) groups is 1. The molecular weight excluding hydrogens is 220 g/mol. The van der Waals surface area contributed by atoms with Crippen molar-refractivity contribution in [3.8, 4) is 0 Å². The van der Waals surface area contributed by atoms with E-state index in [0.717, 1.165) is 5.69 Å². The summed E-state index contributed by atoms with van der Waals surface area (Å²) in [6.45, 7) is 4.06. The SMILES string of the molecule is Cc1cccc(N=C2NC(=O)CC(C)S2)c1. The molecule has 0 aromatic heterocycles. The van der Waals surface area contributed by atoms with Crippen LogP contribution in [-0.4, -0.2) is 16.3 Å². The Kier molecular flexibility index (Phi) is 3.29. The first-order valence-electron chi connectivity index (χ1n) is 5.25. The summed E-state index contributed by atoms with van der Waals surface area (Å²) in [4.78, 5) is 15.8. The topological polar surface area (TPSA) is 41.5 Å². The lowest BCUT2D eigenvalue weighted by molar-refractivity contribution is -0.119. The van der Waals surface area contributed by atoms with Crippen LogP contribution < -0.4 is 5.32 Å². The third-order valence-electron chi connectivity index (χ3n) is 2.26. The smallest absolute Gasteiger partial charge is 0.227 e. The van der Waals surface area contributed by atoms with E-state index in [1.165, 1.54) is 5.56 Å². The molecule has 0 radical (unpaired) electrons. The fourth-order valence-electron chi connectivity index (χ4n) is 1.56. The molecule has 0 bridgehead atoms. The summed E-state index contributed by atoms with van der Waals surface area (Å²) in [6.07, 6.45) is 0.567. The third kappa shape index (κ3) is 2.85. The Hall–Kier alpha value is -1.29. The number of aryl methyl sites for hydroxylation is 1. The highest BCUT2D eigenvalue weighted by molar-refractivity contribution is 8.14. The Labute approximate surface area is 99.3 Å². The zero-order valence-corrected chi connectivity index (χ0v) is 10.2. The molecule has 1 aromatic carbocycles. The summed E-state index contributed by atoms with van der Waals surface area (Å²) in [7, 11) is 0. The predicted octanol–water partition coefficient (Wildman–Crippen LogP) is 2.62. The number of nitrogens with one attached hydrogen (secondary N) is 1. The molecule has 1 saturated heterocycles. The van der Waals surface area contributed by atoms with Crippen molar-refractivity contribution in [1.82, 2.24) is 5.32 Å². The second-order valence-corrected chi connectivity index (χ2v) is 5.36. The Morgan fingerprint density at radius 1 is 1.50 bits per heavy atom. The van der Waals surface area contributed by atoms with E-state index in [0.29, 0.717) is 16.8 Å². The van der Waals surface area contributed by atoms with Gasteiger partial charge in [-0.25, -0.2) is 4.99 Å². The van der Waals surface area contributed by atoms with Crippen LogP contribution in [0.1, 0.15) is 18.9 Å². The second-order valence-electron chi connectivity index (χ2n) is 3.94. The van der Waals surface area contributed by atoms with Gasteiger partial charge in [-0.2, -0.15) is 0 Å². The molecule has 1 aliphatic heterocycles. The molecule has 0 saturated carbocycles. The van der Waals surface area contributed by atoms with Crippen molar-refractivity contribution in [2.24, 2.45) is 4.99 Å². The molecule has 4 heteroatoms. The van der Waals surface area contributed by atoms with E-state index in [-0.39, 0.29) is 5.91 Å². The van der Waals surface area contributed by atoms with Gasteiger partial charge >= 0.3 is 0 Å². The molecule has 2 rings (SSSR count). The molecule has 1 amide bonds. The van der Waals surface area contributed by atoms with E-state index in [4.69, 9.17) is 0 Å². The van der Waals surface area contributed by atoms with E-state index >= 15 is 0 Å². The van der Waals surface area contributed by atoms with Crippen molar-refractivity contribution in [1.29, 1.82) is 0 Å². The highest BCUT2D eigenvalue weighted by atomic mass is 32.2. The van der Waals surface area contributed by atoms with Crippen molar-refractivity contribution >= 4 is 28.5 Å². The van der Waals surface area contributed by atoms with Gasteiger partial charge in [-0.15, -0.1) is 0 Å². The van der Waals surface area contributed by atoms with Gasteiger partial charge in [-0.3, -0.25) is 4.79 Å². The second kappa shape index (κ2) is 4.70. The standard InChI is InChI=1S/C12H14N2OS/c1-8-4-3-5-10(6-8)13-12-14-11(15)7-9(2)16-12/h3-6,9H,7H2,1-2H3,(H,13,14,15). The molecule has 1 atom stereocenters. The first-order chi connectivity index (χ1) is 7.63. The molecule has 84 valence electrons. The molecule has 1 aliphatic rings. The molecule has 1 unspecified atom stereocenters. The monoisotopic (exact) mass is 234 g/mol. The van der Waals surface area contributed by atoms with E-state index in [1.54, 1.807) is 11.8 Å². The maximum atomic E-state index is 11.3. The molecule has 16 heavy (non-hydrogen) atoms. The summed E-state index contributed by atoms with van der Waals surface area (Å²) in [5.74, 6) is 0.0534. The Morgan fingerprint density at radius 3 is 3.00 bits per heavy atom. The van der Waals surface area contributed by atoms with Gasteiger partial charge in [0.05, 0.1) is 5.69 Å². The van der Waals surface area contributed by atoms with Crippen molar-refractivity contribution in [2.75, 3.05) is 0 Å². The zero-order valence-electron chi connectivity index (χ0n) is 9.36. The Balaban J connectivity index is 2.20. The number of amidine groups is 1. The van der Waals surface area contributed by atoms with Crippen molar-refractivity contribution < 1.29 is 4.79 Å². The minimum atomic E-state index is 0.0534. The van der Waals surface area contributed by atoms with Crippen LogP contribution in [-0.2, 0) is 4.79 Å². The summed E-state index contributed by atoms with van der Waals surface area (Å²) >= 11 is 1.61. The van der Waals surface area contributed by atoms with Gasteiger partial charge < -0.3 is 5.32 Å². The molecule has 1 N–H and O–H groups in total. The van der Waals surface area contributed by atoms with Crippen LogP contribution in [0.15, 0.2) is 29.3 Å². The molecule has 1 heterocycles. The Bertz CT molecular complexity index is 442. The largest absolute Gasteiger partial charge is 0.305 e. The van der Waals surface area contributed by atoms with Crippen LogP contribution in [0.3, 0.4) is 0 Å². The van der Waals surface area contributed by atoms with Gasteiger partial charge in [-0.05, 0) is 24.6 Å².